The normalized spacial score (nSPS) is 10.1. The maximum Gasteiger partial charge on any atom is 0.400 e. The first kappa shape index (κ1) is 9.09. The fourth-order valence-corrected chi connectivity index (χ4v) is 1.18. The molecule has 72 valence electrons. The van der Waals surface area contributed by atoms with Gasteiger partial charge in [0.25, 0.3) is 0 Å². The third kappa shape index (κ3) is 2.06. The van der Waals surface area contributed by atoms with Gasteiger partial charge in [0.05, 0.1) is 6.20 Å². The molecule has 0 unspecified atom stereocenters. The Labute approximate surface area is 86.3 Å². The monoisotopic (exact) mass is 209 g/mol. The van der Waals surface area contributed by atoms with E-state index < -0.39 is 0 Å². The standard InChI is InChI=1S/C10H8ClNO2/c1-7-3-2-4-8(5-7)13-10-12-6-9(11)14-10/h2-6H,1H3. The average Bonchev–Trinajstić information content (AvgIpc) is 2.51. The van der Waals surface area contributed by atoms with Gasteiger partial charge in [0.1, 0.15) is 5.75 Å². The molecular formula is C10H8ClNO2. The Balaban J connectivity index is 2.18. The summed E-state index contributed by atoms with van der Waals surface area (Å²) >= 11 is 5.55. The van der Waals surface area contributed by atoms with Crippen LogP contribution < -0.4 is 4.74 Å². The summed E-state index contributed by atoms with van der Waals surface area (Å²) in [5.41, 5.74) is 1.11. The molecule has 1 heterocycles. The Bertz CT molecular complexity index is 439. The summed E-state index contributed by atoms with van der Waals surface area (Å²) in [6.07, 6.45) is 1.55. The number of rotatable bonds is 2. The highest BCUT2D eigenvalue weighted by atomic mass is 35.5. The fraction of sp³-hybridized carbons (Fsp3) is 0.100. The van der Waals surface area contributed by atoms with Crippen molar-refractivity contribution < 1.29 is 9.15 Å². The highest BCUT2D eigenvalue weighted by Gasteiger charge is 2.03. The number of aryl methyl sites for hydroxylation is 1. The molecule has 14 heavy (non-hydrogen) atoms. The van der Waals surface area contributed by atoms with Crippen LogP contribution in [0.3, 0.4) is 0 Å². The lowest BCUT2D eigenvalue weighted by Crippen LogP contribution is -1.83. The number of benzene rings is 1. The van der Waals surface area contributed by atoms with Crippen LogP contribution in [0, 0.1) is 6.92 Å². The first-order valence-corrected chi connectivity index (χ1v) is 4.48. The fourth-order valence-electron chi connectivity index (χ4n) is 1.07. The Morgan fingerprint density at radius 1 is 1.43 bits per heavy atom. The summed E-state index contributed by atoms with van der Waals surface area (Å²) in [4.78, 5) is 3.82. The molecule has 0 spiro atoms. The van der Waals surface area contributed by atoms with E-state index >= 15 is 0 Å². The molecule has 0 saturated heterocycles. The number of hydrogen-bond acceptors (Lipinski definition) is 3. The number of ether oxygens (including phenoxy) is 1. The van der Waals surface area contributed by atoms with Crippen molar-refractivity contribution in [1.82, 2.24) is 4.98 Å². The van der Waals surface area contributed by atoms with Crippen LogP contribution in [0.1, 0.15) is 5.56 Å². The molecule has 0 saturated carbocycles. The van der Waals surface area contributed by atoms with Crippen LogP contribution in [0.25, 0.3) is 0 Å². The van der Waals surface area contributed by atoms with E-state index in [1.54, 1.807) is 0 Å². The first-order valence-electron chi connectivity index (χ1n) is 4.10. The number of aromatic nitrogens is 1. The highest BCUT2D eigenvalue weighted by molar-refractivity contribution is 6.28. The lowest BCUT2D eigenvalue weighted by molar-refractivity contribution is 0.331. The Morgan fingerprint density at radius 2 is 2.29 bits per heavy atom. The van der Waals surface area contributed by atoms with Gasteiger partial charge >= 0.3 is 6.08 Å². The largest absolute Gasteiger partial charge is 0.411 e. The maximum absolute atomic E-state index is 5.55. The summed E-state index contributed by atoms with van der Waals surface area (Å²) in [7, 11) is 0. The van der Waals surface area contributed by atoms with E-state index in [-0.39, 0.29) is 11.3 Å². The van der Waals surface area contributed by atoms with Crippen molar-refractivity contribution in [2.75, 3.05) is 0 Å². The van der Waals surface area contributed by atoms with E-state index in [0.717, 1.165) is 5.56 Å². The summed E-state index contributed by atoms with van der Waals surface area (Å²) < 4.78 is 10.3. The van der Waals surface area contributed by atoms with Gasteiger partial charge in [-0.25, -0.2) is 0 Å². The summed E-state index contributed by atoms with van der Waals surface area (Å²) in [6, 6.07) is 7.59. The van der Waals surface area contributed by atoms with Gasteiger partial charge in [-0.3, -0.25) is 0 Å². The molecule has 0 aliphatic rings. The van der Waals surface area contributed by atoms with Crippen LogP contribution >= 0.6 is 11.6 Å². The minimum absolute atomic E-state index is 0.153. The molecule has 0 radical (unpaired) electrons. The van der Waals surface area contributed by atoms with Crippen molar-refractivity contribution in [3.05, 3.63) is 41.2 Å². The third-order valence-electron chi connectivity index (χ3n) is 1.65. The quantitative estimate of drug-likeness (QED) is 0.760. The molecule has 0 bridgehead atoms. The molecule has 0 N–H and O–H groups in total. The van der Waals surface area contributed by atoms with Gasteiger partial charge in [-0.2, -0.15) is 4.98 Å². The number of hydrogen-bond donors (Lipinski definition) is 0. The zero-order chi connectivity index (χ0) is 9.97. The zero-order valence-electron chi connectivity index (χ0n) is 7.53. The Kier molecular flexibility index (Phi) is 2.41. The number of nitrogens with zero attached hydrogens (tertiary/aromatic N) is 1. The van der Waals surface area contributed by atoms with Crippen molar-refractivity contribution in [2.24, 2.45) is 0 Å². The number of halogens is 1. The topological polar surface area (TPSA) is 35.3 Å². The smallest absolute Gasteiger partial charge is 0.400 e. The predicted octanol–water partition coefficient (Wildman–Crippen LogP) is 3.43. The van der Waals surface area contributed by atoms with E-state index in [9.17, 15) is 0 Å². The lowest BCUT2D eigenvalue weighted by Gasteiger charge is -2.00. The van der Waals surface area contributed by atoms with E-state index in [4.69, 9.17) is 20.8 Å². The summed E-state index contributed by atoms with van der Waals surface area (Å²) in [6.45, 7) is 1.98. The van der Waals surface area contributed by atoms with Crippen molar-refractivity contribution in [3.63, 3.8) is 0 Å². The molecule has 0 atom stereocenters. The van der Waals surface area contributed by atoms with Gasteiger partial charge < -0.3 is 9.15 Å². The van der Waals surface area contributed by atoms with Gasteiger partial charge in [0, 0.05) is 0 Å². The van der Waals surface area contributed by atoms with Crippen LogP contribution in [0.4, 0.5) is 0 Å². The van der Waals surface area contributed by atoms with Crippen molar-refractivity contribution in [1.29, 1.82) is 0 Å². The van der Waals surface area contributed by atoms with Gasteiger partial charge in [-0.15, -0.1) is 0 Å². The van der Waals surface area contributed by atoms with Crippen LogP contribution in [0.2, 0.25) is 5.22 Å². The van der Waals surface area contributed by atoms with E-state index in [1.807, 2.05) is 31.2 Å². The van der Waals surface area contributed by atoms with Crippen LogP contribution in [0.5, 0.6) is 11.8 Å². The molecule has 2 rings (SSSR count). The van der Waals surface area contributed by atoms with E-state index in [2.05, 4.69) is 4.98 Å². The SMILES string of the molecule is Cc1cccc(Oc2ncc(Cl)o2)c1. The lowest BCUT2D eigenvalue weighted by atomic mass is 10.2. The van der Waals surface area contributed by atoms with Gasteiger partial charge in [-0.05, 0) is 36.2 Å². The Hall–Kier alpha value is -1.48. The van der Waals surface area contributed by atoms with Gasteiger partial charge in [0.2, 0.25) is 5.22 Å². The molecule has 1 aromatic heterocycles. The van der Waals surface area contributed by atoms with E-state index in [0.29, 0.717) is 5.75 Å². The van der Waals surface area contributed by atoms with Crippen molar-refractivity contribution in [3.8, 4) is 11.8 Å². The minimum Gasteiger partial charge on any atom is -0.411 e. The van der Waals surface area contributed by atoms with Gasteiger partial charge in [0.15, 0.2) is 0 Å². The zero-order valence-corrected chi connectivity index (χ0v) is 8.28. The molecule has 4 heteroatoms. The second-order valence-corrected chi connectivity index (χ2v) is 3.22. The van der Waals surface area contributed by atoms with Crippen molar-refractivity contribution >= 4 is 11.6 Å². The predicted molar refractivity (Wildman–Crippen MR) is 52.8 cm³/mol. The first-order chi connectivity index (χ1) is 6.74. The molecular weight excluding hydrogens is 202 g/mol. The summed E-state index contributed by atoms with van der Waals surface area (Å²) in [5, 5.41) is 0.215. The molecule has 3 nitrogen and oxygen atoms in total. The third-order valence-corrected chi connectivity index (χ3v) is 1.83. The van der Waals surface area contributed by atoms with E-state index in [1.165, 1.54) is 6.20 Å². The second kappa shape index (κ2) is 3.72. The molecule has 1 aromatic carbocycles. The summed E-state index contributed by atoms with van der Waals surface area (Å²) in [5.74, 6) is 0.684. The molecule has 0 amide bonds. The van der Waals surface area contributed by atoms with Gasteiger partial charge in [-0.1, -0.05) is 12.1 Å². The molecule has 0 aliphatic heterocycles. The second-order valence-electron chi connectivity index (χ2n) is 2.85. The Morgan fingerprint density at radius 3 is 2.93 bits per heavy atom. The molecule has 0 aliphatic carbocycles. The van der Waals surface area contributed by atoms with Crippen LogP contribution in [0.15, 0.2) is 34.9 Å². The molecule has 0 fully saturated rings. The average molecular weight is 210 g/mol. The van der Waals surface area contributed by atoms with Crippen LogP contribution in [-0.2, 0) is 0 Å². The minimum atomic E-state index is 0.153. The number of oxazole rings is 1. The van der Waals surface area contributed by atoms with Crippen LogP contribution in [-0.4, -0.2) is 4.98 Å². The maximum atomic E-state index is 5.55. The highest BCUT2D eigenvalue weighted by Crippen LogP contribution is 2.23. The molecule has 2 aromatic rings. The van der Waals surface area contributed by atoms with Crippen molar-refractivity contribution in [2.45, 2.75) is 6.92 Å².